The van der Waals surface area contributed by atoms with Crippen molar-refractivity contribution in [2.24, 2.45) is 4.99 Å². The molecule has 18 heavy (non-hydrogen) atoms. The van der Waals surface area contributed by atoms with Gasteiger partial charge in [0, 0.05) is 18.7 Å². The molecule has 0 spiro atoms. The van der Waals surface area contributed by atoms with Gasteiger partial charge in [-0.15, -0.1) is 0 Å². The van der Waals surface area contributed by atoms with Crippen LogP contribution in [-0.4, -0.2) is 51.1 Å². The number of hydrogen-bond acceptors (Lipinski definition) is 4. The minimum absolute atomic E-state index is 0.761. The third-order valence-electron chi connectivity index (χ3n) is 2.82. The van der Waals surface area contributed by atoms with E-state index in [2.05, 4.69) is 41.4 Å². The molecule has 2 rings (SSSR count). The summed E-state index contributed by atoms with van der Waals surface area (Å²) in [4.78, 5) is 6.55. The Kier molecular flexibility index (Phi) is 4.59. The zero-order valence-corrected chi connectivity index (χ0v) is 11.1. The molecule has 0 amide bonds. The number of aliphatic imine (C=N–C) groups is 1. The molecule has 0 fully saturated rings. The maximum atomic E-state index is 5.69. The molecule has 0 saturated carbocycles. The maximum Gasteiger partial charge on any atom is 0.128 e. The third-order valence-corrected chi connectivity index (χ3v) is 2.82. The lowest BCUT2D eigenvalue weighted by molar-refractivity contribution is 0.281. The quantitative estimate of drug-likeness (QED) is 0.771. The molecule has 0 aliphatic carbocycles. The van der Waals surface area contributed by atoms with Crippen molar-refractivity contribution in [2.75, 3.05) is 40.3 Å². The van der Waals surface area contributed by atoms with Crippen molar-refractivity contribution in [1.82, 2.24) is 10.2 Å². The van der Waals surface area contributed by atoms with Crippen LogP contribution in [0.25, 0.3) is 0 Å². The van der Waals surface area contributed by atoms with Crippen molar-refractivity contribution < 1.29 is 4.74 Å². The summed E-state index contributed by atoms with van der Waals surface area (Å²) in [5, 5.41) is 3.26. The summed E-state index contributed by atoms with van der Waals surface area (Å²) in [6.45, 7) is 3.63. The van der Waals surface area contributed by atoms with Crippen molar-refractivity contribution in [3.8, 4) is 5.75 Å². The van der Waals surface area contributed by atoms with Crippen LogP contribution in [0, 0.1) is 0 Å². The van der Waals surface area contributed by atoms with E-state index in [0.717, 1.165) is 49.8 Å². The topological polar surface area (TPSA) is 36.9 Å². The lowest BCUT2D eigenvalue weighted by Crippen LogP contribution is -2.19. The van der Waals surface area contributed by atoms with E-state index in [1.165, 1.54) is 0 Å². The van der Waals surface area contributed by atoms with E-state index in [-0.39, 0.29) is 0 Å². The maximum absolute atomic E-state index is 5.69. The highest BCUT2D eigenvalue weighted by molar-refractivity contribution is 5.99. The molecule has 1 aliphatic rings. The van der Waals surface area contributed by atoms with Crippen molar-refractivity contribution >= 4 is 5.84 Å². The minimum atomic E-state index is 0.761. The average Bonchev–Trinajstić information content (AvgIpc) is 2.89. The molecule has 0 radical (unpaired) electrons. The van der Waals surface area contributed by atoms with Gasteiger partial charge in [0.25, 0.3) is 0 Å². The van der Waals surface area contributed by atoms with Crippen molar-refractivity contribution in [2.45, 2.75) is 6.42 Å². The second kappa shape index (κ2) is 6.40. The van der Waals surface area contributed by atoms with Gasteiger partial charge in [0.15, 0.2) is 0 Å². The largest absolute Gasteiger partial charge is 0.494 e. The number of rotatable bonds is 6. The van der Waals surface area contributed by atoms with E-state index < -0.39 is 0 Å². The number of hydrogen-bond donors (Lipinski definition) is 1. The van der Waals surface area contributed by atoms with Gasteiger partial charge in [-0.05, 0) is 44.8 Å². The smallest absolute Gasteiger partial charge is 0.128 e. The molecule has 0 bridgehead atoms. The Hall–Kier alpha value is -1.55. The highest BCUT2D eigenvalue weighted by Crippen LogP contribution is 2.13. The third kappa shape index (κ3) is 3.74. The van der Waals surface area contributed by atoms with Gasteiger partial charge in [-0.3, -0.25) is 4.99 Å². The molecule has 1 heterocycles. The van der Waals surface area contributed by atoms with Crippen LogP contribution in [-0.2, 0) is 0 Å². The highest BCUT2D eigenvalue weighted by Gasteiger charge is 2.07. The molecule has 1 aliphatic heterocycles. The Balaban J connectivity index is 1.80. The molecule has 1 N–H and O–H groups in total. The van der Waals surface area contributed by atoms with Gasteiger partial charge in [0.2, 0.25) is 0 Å². The zero-order chi connectivity index (χ0) is 12.8. The van der Waals surface area contributed by atoms with Crippen LogP contribution in [0.3, 0.4) is 0 Å². The number of benzene rings is 1. The molecule has 0 atom stereocenters. The second-order valence-electron chi connectivity index (χ2n) is 4.69. The van der Waals surface area contributed by atoms with E-state index in [1.54, 1.807) is 0 Å². The molecule has 4 heteroatoms. The first-order valence-electron chi connectivity index (χ1n) is 6.42. The summed E-state index contributed by atoms with van der Waals surface area (Å²) in [7, 11) is 4.15. The van der Waals surface area contributed by atoms with Crippen molar-refractivity contribution in [1.29, 1.82) is 0 Å². The van der Waals surface area contributed by atoms with Crippen LogP contribution < -0.4 is 10.1 Å². The Labute approximate surface area is 109 Å². The average molecular weight is 247 g/mol. The number of nitrogens with one attached hydrogen (secondary N) is 1. The predicted octanol–water partition coefficient (Wildman–Crippen LogP) is 1.37. The minimum Gasteiger partial charge on any atom is -0.494 e. The van der Waals surface area contributed by atoms with E-state index in [1.807, 2.05) is 12.1 Å². The summed E-state index contributed by atoms with van der Waals surface area (Å²) in [6.07, 6.45) is 1.04. The Morgan fingerprint density at radius 2 is 2.06 bits per heavy atom. The van der Waals surface area contributed by atoms with Gasteiger partial charge in [0.1, 0.15) is 11.6 Å². The van der Waals surface area contributed by atoms with Crippen LogP contribution in [0.5, 0.6) is 5.75 Å². The van der Waals surface area contributed by atoms with Crippen LogP contribution in [0.15, 0.2) is 29.3 Å². The van der Waals surface area contributed by atoms with Crippen LogP contribution in [0.1, 0.15) is 12.0 Å². The summed E-state index contributed by atoms with van der Waals surface area (Å²) < 4.78 is 5.69. The molecule has 98 valence electrons. The molecule has 1 aromatic rings. The van der Waals surface area contributed by atoms with E-state index >= 15 is 0 Å². The first-order chi connectivity index (χ1) is 8.75. The summed E-state index contributed by atoms with van der Waals surface area (Å²) in [5.74, 6) is 1.92. The summed E-state index contributed by atoms with van der Waals surface area (Å²) in [5.41, 5.74) is 1.13. The fourth-order valence-electron chi connectivity index (χ4n) is 1.87. The normalized spacial score (nSPS) is 14.5. The van der Waals surface area contributed by atoms with Gasteiger partial charge in [-0.25, -0.2) is 0 Å². The van der Waals surface area contributed by atoms with Gasteiger partial charge < -0.3 is 15.0 Å². The molecule has 4 nitrogen and oxygen atoms in total. The number of amidine groups is 1. The lowest BCUT2D eigenvalue weighted by Gasteiger charge is -2.10. The first-order valence-corrected chi connectivity index (χ1v) is 6.42. The molecule has 0 aromatic heterocycles. The summed E-state index contributed by atoms with van der Waals surface area (Å²) >= 11 is 0. The highest BCUT2D eigenvalue weighted by atomic mass is 16.5. The monoisotopic (exact) mass is 247 g/mol. The fourth-order valence-corrected chi connectivity index (χ4v) is 1.87. The molecule has 1 aromatic carbocycles. The Bertz CT molecular complexity index is 398. The van der Waals surface area contributed by atoms with Crippen molar-refractivity contribution in [3.05, 3.63) is 29.8 Å². The molecular formula is C14H21N3O. The van der Waals surface area contributed by atoms with Gasteiger partial charge in [-0.1, -0.05) is 0 Å². The lowest BCUT2D eigenvalue weighted by atomic mass is 10.2. The Morgan fingerprint density at radius 3 is 2.67 bits per heavy atom. The molecule has 0 unspecified atom stereocenters. The van der Waals surface area contributed by atoms with E-state index in [4.69, 9.17) is 4.74 Å². The second-order valence-corrected chi connectivity index (χ2v) is 4.69. The first kappa shape index (κ1) is 12.9. The van der Waals surface area contributed by atoms with E-state index in [9.17, 15) is 0 Å². The van der Waals surface area contributed by atoms with Crippen LogP contribution in [0.2, 0.25) is 0 Å². The Morgan fingerprint density at radius 1 is 1.28 bits per heavy atom. The van der Waals surface area contributed by atoms with E-state index in [0.29, 0.717) is 0 Å². The van der Waals surface area contributed by atoms with Crippen LogP contribution in [0.4, 0.5) is 0 Å². The fraction of sp³-hybridized carbons (Fsp3) is 0.500. The zero-order valence-electron chi connectivity index (χ0n) is 11.1. The molecular weight excluding hydrogens is 226 g/mol. The number of ether oxygens (including phenoxy) is 1. The standard InChI is InChI=1S/C14H21N3O/c1-17(2)10-3-11-18-13-6-4-12(5-7-13)14-15-8-9-16-14/h4-7H,3,8-11H2,1-2H3,(H,15,16). The predicted molar refractivity (Wildman–Crippen MR) is 74.5 cm³/mol. The van der Waals surface area contributed by atoms with Gasteiger partial charge >= 0.3 is 0 Å². The molecule has 0 saturated heterocycles. The SMILES string of the molecule is CN(C)CCCOc1ccc(C2=NCCN2)cc1. The van der Waals surface area contributed by atoms with Crippen molar-refractivity contribution in [3.63, 3.8) is 0 Å². The van der Waals surface area contributed by atoms with Crippen LogP contribution >= 0.6 is 0 Å². The number of nitrogens with zero attached hydrogens (tertiary/aromatic N) is 2. The summed E-state index contributed by atoms with van der Waals surface area (Å²) in [6, 6.07) is 8.12. The van der Waals surface area contributed by atoms with Gasteiger partial charge in [0.05, 0.1) is 13.2 Å². The van der Waals surface area contributed by atoms with Gasteiger partial charge in [-0.2, -0.15) is 0 Å².